The summed E-state index contributed by atoms with van der Waals surface area (Å²) in [6.07, 6.45) is 1.54. The number of nitrogens with one attached hydrogen (secondary N) is 1. The number of benzene rings is 1. The summed E-state index contributed by atoms with van der Waals surface area (Å²) in [5.74, 6) is 0.644. The molecule has 0 fully saturated rings. The summed E-state index contributed by atoms with van der Waals surface area (Å²) in [6.45, 7) is 6.15. The van der Waals surface area contributed by atoms with E-state index in [0.29, 0.717) is 13.0 Å². The van der Waals surface area contributed by atoms with Crippen molar-refractivity contribution < 1.29 is 9.21 Å². The molecule has 0 saturated heterocycles. The van der Waals surface area contributed by atoms with Gasteiger partial charge >= 0.3 is 0 Å². The van der Waals surface area contributed by atoms with E-state index in [2.05, 4.69) is 5.32 Å². The van der Waals surface area contributed by atoms with Crippen molar-refractivity contribution in [1.29, 1.82) is 0 Å². The van der Waals surface area contributed by atoms with E-state index in [9.17, 15) is 4.79 Å². The Morgan fingerprint density at radius 2 is 2.10 bits per heavy atom. The summed E-state index contributed by atoms with van der Waals surface area (Å²) in [6, 6.07) is 7.86. The summed E-state index contributed by atoms with van der Waals surface area (Å²) >= 11 is 0. The molecule has 1 heterocycles. The van der Waals surface area contributed by atoms with E-state index in [1.165, 1.54) is 0 Å². The van der Waals surface area contributed by atoms with Crippen LogP contribution in [0.25, 0.3) is 11.0 Å². The molecule has 1 amide bonds. The standard InChI is InChI=1S/C16H22N2O2/c1-4-9-16(3,17)15(19)18-10-14-11(2)12-7-5-6-8-13(12)20-14/h5-8H,4,9-10,17H2,1-3H3,(H,18,19). The predicted octanol–water partition coefficient (Wildman–Crippen LogP) is 2.87. The zero-order valence-electron chi connectivity index (χ0n) is 12.3. The number of carbonyl (C=O) groups is 1. The molecule has 3 N–H and O–H groups in total. The number of carbonyl (C=O) groups excluding carboxylic acids is 1. The lowest BCUT2D eigenvalue weighted by atomic mass is 9.96. The zero-order chi connectivity index (χ0) is 14.8. The molecule has 1 aromatic heterocycles. The number of rotatable bonds is 5. The number of aryl methyl sites for hydroxylation is 1. The maximum absolute atomic E-state index is 12.1. The van der Waals surface area contributed by atoms with E-state index < -0.39 is 5.54 Å². The van der Waals surface area contributed by atoms with Gasteiger partial charge in [-0.1, -0.05) is 31.5 Å². The van der Waals surface area contributed by atoms with Crippen LogP contribution in [0.2, 0.25) is 0 Å². The van der Waals surface area contributed by atoms with Gasteiger partial charge in [0.1, 0.15) is 11.3 Å². The van der Waals surface area contributed by atoms with Gasteiger partial charge in [-0.3, -0.25) is 4.79 Å². The lowest BCUT2D eigenvalue weighted by molar-refractivity contribution is -0.126. The second kappa shape index (κ2) is 5.67. The van der Waals surface area contributed by atoms with Crippen LogP contribution in [0.1, 0.15) is 38.0 Å². The van der Waals surface area contributed by atoms with E-state index in [-0.39, 0.29) is 5.91 Å². The second-order valence-electron chi connectivity index (χ2n) is 5.50. The summed E-state index contributed by atoms with van der Waals surface area (Å²) in [5, 5.41) is 3.95. The number of amides is 1. The normalized spacial score (nSPS) is 14.2. The lowest BCUT2D eigenvalue weighted by Gasteiger charge is -2.22. The Hall–Kier alpha value is -1.81. The fourth-order valence-corrected chi connectivity index (χ4v) is 2.39. The van der Waals surface area contributed by atoms with Crippen LogP contribution >= 0.6 is 0 Å². The highest BCUT2D eigenvalue weighted by molar-refractivity contribution is 5.86. The van der Waals surface area contributed by atoms with Gasteiger partial charge < -0.3 is 15.5 Å². The highest BCUT2D eigenvalue weighted by Gasteiger charge is 2.27. The van der Waals surface area contributed by atoms with Crippen molar-refractivity contribution in [2.75, 3.05) is 0 Å². The van der Waals surface area contributed by atoms with Gasteiger partial charge in [-0.15, -0.1) is 0 Å². The van der Waals surface area contributed by atoms with Crippen LogP contribution in [0.3, 0.4) is 0 Å². The third-order valence-electron chi connectivity index (χ3n) is 3.64. The van der Waals surface area contributed by atoms with Crippen LogP contribution in [-0.4, -0.2) is 11.4 Å². The molecule has 0 radical (unpaired) electrons. The number of furan rings is 1. The Balaban J connectivity index is 2.10. The first-order chi connectivity index (χ1) is 9.45. The molecule has 0 bridgehead atoms. The van der Waals surface area contributed by atoms with Crippen LogP contribution in [0.15, 0.2) is 28.7 Å². The van der Waals surface area contributed by atoms with Crippen molar-refractivity contribution in [3.63, 3.8) is 0 Å². The summed E-state index contributed by atoms with van der Waals surface area (Å²) in [5.41, 5.74) is 7.09. The molecule has 1 atom stereocenters. The maximum Gasteiger partial charge on any atom is 0.240 e. The molecule has 2 rings (SSSR count). The third kappa shape index (κ3) is 2.85. The molecule has 1 unspecified atom stereocenters. The Morgan fingerprint density at radius 1 is 1.40 bits per heavy atom. The maximum atomic E-state index is 12.1. The molecule has 0 aliphatic rings. The lowest BCUT2D eigenvalue weighted by Crippen LogP contribution is -2.51. The van der Waals surface area contributed by atoms with Crippen molar-refractivity contribution in [3.8, 4) is 0 Å². The molecular weight excluding hydrogens is 252 g/mol. The fraction of sp³-hybridized carbons (Fsp3) is 0.438. The first-order valence-corrected chi connectivity index (χ1v) is 7.00. The van der Waals surface area contributed by atoms with Gasteiger partial charge in [0.2, 0.25) is 5.91 Å². The Morgan fingerprint density at radius 3 is 2.75 bits per heavy atom. The van der Waals surface area contributed by atoms with Gasteiger partial charge in [-0.2, -0.15) is 0 Å². The molecule has 4 heteroatoms. The minimum Gasteiger partial charge on any atom is -0.459 e. The summed E-state index contributed by atoms with van der Waals surface area (Å²) in [4.78, 5) is 12.1. The third-order valence-corrected chi connectivity index (χ3v) is 3.64. The molecule has 1 aromatic carbocycles. The topological polar surface area (TPSA) is 68.3 Å². The van der Waals surface area contributed by atoms with Crippen molar-refractivity contribution in [2.24, 2.45) is 5.73 Å². The van der Waals surface area contributed by atoms with E-state index in [1.54, 1.807) is 6.92 Å². The first kappa shape index (κ1) is 14.6. The smallest absolute Gasteiger partial charge is 0.240 e. The van der Waals surface area contributed by atoms with Crippen LogP contribution in [0.5, 0.6) is 0 Å². The van der Waals surface area contributed by atoms with Crippen LogP contribution in [0.4, 0.5) is 0 Å². The number of para-hydroxylation sites is 1. The molecule has 0 aliphatic heterocycles. The van der Waals surface area contributed by atoms with Gasteiger partial charge in [0.05, 0.1) is 12.1 Å². The highest BCUT2D eigenvalue weighted by Crippen LogP contribution is 2.24. The molecule has 4 nitrogen and oxygen atoms in total. The SMILES string of the molecule is CCCC(C)(N)C(=O)NCc1oc2ccccc2c1C. The Kier molecular flexibility index (Phi) is 4.14. The van der Waals surface area contributed by atoms with Gasteiger partial charge in [0, 0.05) is 10.9 Å². The van der Waals surface area contributed by atoms with E-state index in [1.807, 2.05) is 38.1 Å². The largest absolute Gasteiger partial charge is 0.459 e. The fourth-order valence-electron chi connectivity index (χ4n) is 2.39. The van der Waals surface area contributed by atoms with Crippen molar-refractivity contribution in [3.05, 3.63) is 35.6 Å². The zero-order valence-corrected chi connectivity index (χ0v) is 12.3. The van der Waals surface area contributed by atoms with Crippen molar-refractivity contribution >= 4 is 16.9 Å². The molecule has 20 heavy (non-hydrogen) atoms. The molecule has 108 valence electrons. The van der Waals surface area contributed by atoms with E-state index >= 15 is 0 Å². The average Bonchev–Trinajstić information content (AvgIpc) is 2.73. The monoisotopic (exact) mass is 274 g/mol. The summed E-state index contributed by atoms with van der Waals surface area (Å²) < 4.78 is 5.77. The average molecular weight is 274 g/mol. The van der Waals surface area contributed by atoms with Gasteiger partial charge in [-0.05, 0) is 26.3 Å². The quantitative estimate of drug-likeness (QED) is 0.881. The Labute approximate surface area is 119 Å². The van der Waals surface area contributed by atoms with Crippen LogP contribution in [-0.2, 0) is 11.3 Å². The minimum absolute atomic E-state index is 0.140. The summed E-state index contributed by atoms with van der Waals surface area (Å²) in [7, 11) is 0. The minimum atomic E-state index is -0.825. The highest BCUT2D eigenvalue weighted by atomic mass is 16.3. The molecule has 0 spiro atoms. The molecule has 2 aromatic rings. The predicted molar refractivity (Wildman–Crippen MR) is 80.3 cm³/mol. The van der Waals surface area contributed by atoms with E-state index in [4.69, 9.17) is 10.2 Å². The van der Waals surface area contributed by atoms with E-state index in [0.717, 1.165) is 28.7 Å². The molecule has 0 aliphatic carbocycles. The number of fused-ring (bicyclic) bond motifs is 1. The number of nitrogens with two attached hydrogens (primary N) is 1. The van der Waals surface area contributed by atoms with Gasteiger partial charge in [-0.25, -0.2) is 0 Å². The second-order valence-corrected chi connectivity index (χ2v) is 5.50. The van der Waals surface area contributed by atoms with Crippen LogP contribution < -0.4 is 11.1 Å². The van der Waals surface area contributed by atoms with Gasteiger partial charge in [0.15, 0.2) is 0 Å². The Bertz CT molecular complexity index is 614. The van der Waals surface area contributed by atoms with Crippen molar-refractivity contribution in [1.82, 2.24) is 5.32 Å². The number of hydrogen-bond acceptors (Lipinski definition) is 3. The van der Waals surface area contributed by atoms with Crippen molar-refractivity contribution in [2.45, 2.75) is 45.7 Å². The van der Waals surface area contributed by atoms with Crippen LogP contribution in [0, 0.1) is 6.92 Å². The van der Waals surface area contributed by atoms with Gasteiger partial charge in [0.25, 0.3) is 0 Å². The molecular formula is C16H22N2O2. The molecule has 0 saturated carbocycles. The first-order valence-electron chi connectivity index (χ1n) is 7.00. The number of hydrogen-bond donors (Lipinski definition) is 2.